The van der Waals surface area contributed by atoms with Crippen LogP contribution < -0.4 is 0 Å². The van der Waals surface area contributed by atoms with Crippen LogP contribution in [0.1, 0.15) is 27.7 Å². The molecular formula is C12H18O6. The third kappa shape index (κ3) is 1.80. The summed E-state index contributed by atoms with van der Waals surface area (Å²) < 4.78 is 27.9. The summed E-state index contributed by atoms with van der Waals surface area (Å²) in [4.78, 5) is 12.5. The van der Waals surface area contributed by atoms with Gasteiger partial charge in [-0.25, -0.2) is 0 Å². The van der Waals surface area contributed by atoms with Gasteiger partial charge in [-0.05, 0) is 27.7 Å². The SMILES string of the molecule is CC1(C)OC2C(=O)[C@@]3(COC(C)(C)O3)OC[C@H]2O1. The fourth-order valence-electron chi connectivity index (χ4n) is 2.60. The fourth-order valence-corrected chi connectivity index (χ4v) is 2.60. The molecule has 3 rings (SSSR count). The van der Waals surface area contributed by atoms with Crippen molar-refractivity contribution >= 4 is 5.78 Å². The highest BCUT2D eigenvalue weighted by Gasteiger charge is 2.62. The quantitative estimate of drug-likeness (QED) is 0.633. The van der Waals surface area contributed by atoms with Crippen LogP contribution in [0.4, 0.5) is 0 Å². The standard InChI is InChI=1S/C12H18O6/c1-10(2)15-6-12(18-10)9(13)8-7(5-14-12)16-11(3,4)17-8/h7-8H,5-6H2,1-4H3/t7-,8?,12+/m1/s1. The number of ether oxygens (including phenoxy) is 5. The lowest BCUT2D eigenvalue weighted by molar-refractivity contribution is -0.263. The molecule has 0 aliphatic carbocycles. The van der Waals surface area contributed by atoms with Crippen molar-refractivity contribution in [3.05, 3.63) is 0 Å². The summed E-state index contributed by atoms with van der Waals surface area (Å²) in [5.41, 5.74) is 0. The normalized spacial score (nSPS) is 45.4. The number of rotatable bonds is 0. The Morgan fingerprint density at radius 2 is 1.78 bits per heavy atom. The predicted octanol–water partition coefficient (Wildman–Crippen LogP) is 0.585. The molecule has 0 saturated carbocycles. The highest BCUT2D eigenvalue weighted by atomic mass is 16.8. The smallest absolute Gasteiger partial charge is 0.258 e. The zero-order valence-electron chi connectivity index (χ0n) is 11.0. The van der Waals surface area contributed by atoms with E-state index in [4.69, 9.17) is 23.7 Å². The van der Waals surface area contributed by atoms with Gasteiger partial charge in [0.15, 0.2) is 17.7 Å². The number of carbonyl (C=O) groups is 1. The van der Waals surface area contributed by atoms with Crippen LogP contribution in [0.3, 0.4) is 0 Å². The summed E-state index contributed by atoms with van der Waals surface area (Å²) in [6.07, 6.45) is -1.02. The minimum absolute atomic E-state index is 0.0891. The Labute approximate surface area is 105 Å². The van der Waals surface area contributed by atoms with Crippen LogP contribution in [0.25, 0.3) is 0 Å². The molecule has 3 aliphatic heterocycles. The Kier molecular flexibility index (Phi) is 2.44. The minimum Gasteiger partial charge on any atom is -0.344 e. The Bertz CT molecular complexity index is 388. The zero-order chi connectivity index (χ0) is 13.2. The summed E-state index contributed by atoms with van der Waals surface area (Å²) >= 11 is 0. The molecule has 102 valence electrons. The molecule has 1 unspecified atom stereocenters. The average molecular weight is 258 g/mol. The van der Waals surface area contributed by atoms with E-state index in [-0.39, 0.29) is 25.1 Å². The van der Waals surface area contributed by atoms with Gasteiger partial charge in [0.25, 0.3) is 5.79 Å². The van der Waals surface area contributed by atoms with E-state index < -0.39 is 23.5 Å². The van der Waals surface area contributed by atoms with Gasteiger partial charge in [0.1, 0.15) is 12.7 Å². The number of Topliss-reactive ketones (excluding diaryl/α,β-unsaturated/α-hetero) is 1. The molecule has 3 aliphatic rings. The van der Waals surface area contributed by atoms with Crippen molar-refractivity contribution in [3.63, 3.8) is 0 Å². The minimum atomic E-state index is -1.34. The Morgan fingerprint density at radius 1 is 1.06 bits per heavy atom. The first-order chi connectivity index (χ1) is 8.23. The number of hydrogen-bond acceptors (Lipinski definition) is 6. The topological polar surface area (TPSA) is 63.2 Å². The first-order valence-corrected chi connectivity index (χ1v) is 6.11. The van der Waals surface area contributed by atoms with Crippen molar-refractivity contribution < 1.29 is 28.5 Å². The molecule has 0 radical (unpaired) electrons. The van der Waals surface area contributed by atoms with E-state index >= 15 is 0 Å². The lowest BCUT2D eigenvalue weighted by atomic mass is 9.99. The second-order valence-electron chi connectivity index (χ2n) is 5.81. The van der Waals surface area contributed by atoms with Gasteiger partial charge in [-0.1, -0.05) is 0 Å². The summed E-state index contributed by atoms with van der Waals surface area (Å²) in [7, 11) is 0. The average Bonchev–Trinajstić information content (AvgIpc) is 2.71. The van der Waals surface area contributed by atoms with Gasteiger partial charge in [-0.15, -0.1) is 0 Å². The van der Waals surface area contributed by atoms with Gasteiger partial charge in [0.05, 0.1) is 6.61 Å². The molecule has 3 atom stereocenters. The van der Waals surface area contributed by atoms with E-state index in [2.05, 4.69) is 0 Å². The van der Waals surface area contributed by atoms with Gasteiger partial charge >= 0.3 is 0 Å². The van der Waals surface area contributed by atoms with Gasteiger partial charge in [0.2, 0.25) is 5.78 Å². The van der Waals surface area contributed by atoms with Gasteiger partial charge in [-0.3, -0.25) is 4.79 Å². The van der Waals surface area contributed by atoms with Crippen LogP contribution in [0.15, 0.2) is 0 Å². The van der Waals surface area contributed by atoms with E-state index in [1.165, 1.54) is 0 Å². The maximum absolute atomic E-state index is 12.5. The van der Waals surface area contributed by atoms with E-state index in [1.807, 2.05) is 0 Å². The molecule has 0 N–H and O–H groups in total. The first kappa shape index (κ1) is 12.5. The van der Waals surface area contributed by atoms with Crippen molar-refractivity contribution in [1.29, 1.82) is 0 Å². The largest absolute Gasteiger partial charge is 0.344 e. The number of fused-ring (bicyclic) bond motifs is 1. The molecule has 6 nitrogen and oxygen atoms in total. The second-order valence-corrected chi connectivity index (χ2v) is 5.81. The zero-order valence-corrected chi connectivity index (χ0v) is 11.0. The number of carbonyl (C=O) groups excluding carboxylic acids is 1. The van der Waals surface area contributed by atoms with Gasteiger partial charge in [0, 0.05) is 0 Å². The van der Waals surface area contributed by atoms with Crippen LogP contribution in [-0.4, -0.2) is 48.6 Å². The van der Waals surface area contributed by atoms with E-state index in [0.717, 1.165) is 0 Å². The van der Waals surface area contributed by atoms with Crippen LogP contribution >= 0.6 is 0 Å². The lowest BCUT2D eigenvalue weighted by Crippen LogP contribution is -2.58. The molecule has 0 amide bonds. The maximum atomic E-state index is 12.5. The van der Waals surface area contributed by atoms with E-state index in [0.29, 0.717) is 0 Å². The van der Waals surface area contributed by atoms with Crippen LogP contribution in [0.5, 0.6) is 0 Å². The first-order valence-electron chi connectivity index (χ1n) is 6.11. The summed E-state index contributed by atoms with van der Waals surface area (Å²) in [6, 6.07) is 0. The number of hydrogen-bond donors (Lipinski definition) is 0. The molecule has 0 aromatic heterocycles. The van der Waals surface area contributed by atoms with Crippen molar-refractivity contribution in [2.24, 2.45) is 0 Å². The second kappa shape index (κ2) is 3.52. The molecule has 0 aromatic rings. The molecule has 6 heteroatoms. The van der Waals surface area contributed by atoms with Crippen LogP contribution in [0, 0.1) is 0 Å². The molecule has 3 heterocycles. The fraction of sp³-hybridized carbons (Fsp3) is 0.917. The van der Waals surface area contributed by atoms with Crippen molar-refractivity contribution in [1.82, 2.24) is 0 Å². The predicted molar refractivity (Wildman–Crippen MR) is 58.6 cm³/mol. The summed E-state index contributed by atoms with van der Waals surface area (Å²) in [5, 5.41) is 0. The maximum Gasteiger partial charge on any atom is 0.258 e. The monoisotopic (exact) mass is 258 g/mol. The summed E-state index contributed by atoms with van der Waals surface area (Å²) in [6.45, 7) is 7.41. The molecule has 3 fully saturated rings. The highest BCUT2D eigenvalue weighted by molar-refractivity contribution is 5.92. The Morgan fingerprint density at radius 3 is 2.39 bits per heavy atom. The summed E-state index contributed by atoms with van der Waals surface area (Å²) in [5.74, 6) is -3.18. The van der Waals surface area contributed by atoms with E-state index in [9.17, 15) is 4.79 Å². The van der Waals surface area contributed by atoms with Crippen LogP contribution in [-0.2, 0) is 28.5 Å². The molecular weight excluding hydrogens is 240 g/mol. The molecule has 0 bridgehead atoms. The molecule has 3 saturated heterocycles. The number of ketones is 1. The highest BCUT2D eigenvalue weighted by Crippen LogP contribution is 2.41. The molecule has 1 spiro atoms. The Hall–Kier alpha value is -0.530. The van der Waals surface area contributed by atoms with Crippen molar-refractivity contribution in [3.8, 4) is 0 Å². The van der Waals surface area contributed by atoms with Crippen LogP contribution in [0.2, 0.25) is 0 Å². The molecule has 0 aromatic carbocycles. The van der Waals surface area contributed by atoms with E-state index in [1.54, 1.807) is 27.7 Å². The molecule has 18 heavy (non-hydrogen) atoms. The van der Waals surface area contributed by atoms with Crippen molar-refractivity contribution in [2.45, 2.75) is 57.3 Å². The van der Waals surface area contributed by atoms with Gasteiger partial charge < -0.3 is 23.7 Å². The van der Waals surface area contributed by atoms with Crippen molar-refractivity contribution in [2.75, 3.05) is 13.2 Å². The lowest BCUT2D eigenvalue weighted by Gasteiger charge is -2.35. The third-order valence-electron chi connectivity index (χ3n) is 3.32. The Balaban J connectivity index is 1.84. The third-order valence-corrected chi connectivity index (χ3v) is 3.32. The van der Waals surface area contributed by atoms with Gasteiger partial charge in [-0.2, -0.15) is 0 Å².